The van der Waals surface area contributed by atoms with Crippen LogP contribution in [-0.4, -0.2) is 30.0 Å². The minimum atomic E-state index is -3.63. The molecule has 0 amide bonds. The van der Waals surface area contributed by atoms with Crippen molar-refractivity contribution in [2.24, 2.45) is 5.92 Å². The maximum atomic E-state index is 12.1. The lowest BCUT2D eigenvalue weighted by Crippen LogP contribution is -2.09. The van der Waals surface area contributed by atoms with E-state index in [1.165, 1.54) is 13.2 Å². The quantitative estimate of drug-likeness (QED) is 0.256. The van der Waals surface area contributed by atoms with E-state index in [0.717, 1.165) is 0 Å². The second-order valence-corrected chi connectivity index (χ2v) is 6.82. The lowest BCUT2D eigenvalue weighted by Gasteiger charge is -2.15. The number of rotatable bonds is 7. The molecular formula is C11H20ClO4P. The average Bonchev–Trinajstić information content (AvgIpc) is 2.21. The monoisotopic (exact) mass is 282 g/mol. The molecule has 0 bridgehead atoms. The summed E-state index contributed by atoms with van der Waals surface area (Å²) < 4.78 is 16.6. The number of esters is 1. The number of allylic oxidation sites excluding steroid dienone is 1. The van der Waals surface area contributed by atoms with Gasteiger partial charge >= 0.3 is 5.97 Å². The SMILES string of the molecule is COC(=O)C(=CCCCCl)P(=O)(O)CC(C)C. The molecule has 0 heterocycles. The fourth-order valence-electron chi connectivity index (χ4n) is 1.38. The Morgan fingerprint density at radius 3 is 2.53 bits per heavy atom. The number of alkyl halides is 1. The highest BCUT2D eigenvalue weighted by Gasteiger charge is 2.31. The Balaban J connectivity index is 4.97. The molecule has 17 heavy (non-hydrogen) atoms. The normalized spacial score (nSPS) is 15.8. The van der Waals surface area contributed by atoms with Gasteiger partial charge in [0.05, 0.1) is 7.11 Å². The Morgan fingerprint density at radius 2 is 2.12 bits per heavy atom. The molecule has 1 atom stereocenters. The van der Waals surface area contributed by atoms with Crippen molar-refractivity contribution in [3.63, 3.8) is 0 Å². The van der Waals surface area contributed by atoms with Crippen molar-refractivity contribution in [1.82, 2.24) is 0 Å². The molecule has 0 saturated carbocycles. The lowest BCUT2D eigenvalue weighted by molar-refractivity contribution is -0.135. The Labute approximate surface area is 107 Å². The van der Waals surface area contributed by atoms with E-state index in [1.807, 2.05) is 13.8 Å². The zero-order chi connectivity index (χ0) is 13.5. The summed E-state index contributed by atoms with van der Waals surface area (Å²) in [7, 11) is -2.43. The van der Waals surface area contributed by atoms with E-state index in [1.54, 1.807) is 0 Å². The third kappa shape index (κ3) is 6.25. The highest BCUT2D eigenvalue weighted by Crippen LogP contribution is 2.51. The van der Waals surface area contributed by atoms with Crippen LogP contribution in [0.2, 0.25) is 0 Å². The third-order valence-corrected chi connectivity index (χ3v) is 4.67. The number of halogens is 1. The smallest absolute Gasteiger partial charge is 0.343 e. The summed E-state index contributed by atoms with van der Waals surface area (Å²) in [5.74, 6) is -0.247. The number of carbonyl (C=O) groups is 1. The first-order valence-electron chi connectivity index (χ1n) is 5.52. The van der Waals surface area contributed by atoms with Gasteiger partial charge in [0.1, 0.15) is 5.31 Å². The van der Waals surface area contributed by atoms with Gasteiger partial charge in [0.2, 0.25) is 7.37 Å². The summed E-state index contributed by atoms with van der Waals surface area (Å²) >= 11 is 5.52. The third-order valence-electron chi connectivity index (χ3n) is 2.06. The highest BCUT2D eigenvalue weighted by atomic mass is 35.5. The molecule has 0 spiro atoms. The summed E-state index contributed by atoms with van der Waals surface area (Å²) in [5, 5.41) is -0.112. The van der Waals surface area contributed by atoms with E-state index in [-0.39, 0.29) is 17.4 Å². The molecule has 0 aliphatic heterocycles. The van der Waals surface area contributed by atoms with Crippen LogP contribution in [0.25, 0.3) is 0 Å². The molecule has 0 aliphatic carbocycles. The predicted octanol–water partition coefficient (Wildman–Crippen LogP) is 2.99. The topological polar surface area (TPSA) is 63.6 Å². The molecule has 100 valence electrons. The zero-order valence-corrected chi connectivity index (χ0v) is 12.1. The number of unbranched alkanes of at least 4 members (excludes halogenated alkanes) is 1. The molecule has 0 aromatic carbocycles. The van der Waals surface area contributed by atoms with Crippen LogP contribution >= 0.6 is 19.0 Å². The second-order valence-electron chi connectivity index (χ2n) is 4.19. The van der Waals surface area contributed by atoms with Crippen molar-refractivity contribution in [2.45, 2.75) is 26.7 Å². The van der Waals surface area contributed by atoms with E-state index < -0.39 is 13.3 Å². The van der Waals surface area contributed by atoms with Gasteiger partial charge in [-0.3, -0.25) is 4.57 Å². The minimum Gasteiger partial charge on any atom is -0.465 e. The highest BCUT2D eigenvalue weighted by molar-refractivity contribution is 7.63. The first-order valence-corrected chi connectivity index (χ1v) is 7.90. The molecule has 0 aromatic heterocycles. The molecule has 0 rings (SSSR count). The molecule has 0 aromatic rings. The molecule has 0 saturated heterocycles. The summed E-state index contributed by atoms with van der Waals surface area (Å²) in [6, 6.07) is 0. The van der Waals surface area contributed by atoms with Crippen LogP contribution in [-0.2, 0) is 14.1 Å². The van der Waals surface area contributed by atoms with Crippen molar-refractivity contribution in [1.29, 1.82) is 0 Å². The van der Waals surface area contributed by atoms with E-state index in [0.29, 0.717) is 18.7 Å². The first kappa shape index (κ1) is 16.7. The number of hydrogen-bond donors (Lipinski definition) is 1. The van der Waals surface area contributed by atoms with Gasteiger partial charge < -0.3 is 9.63 Å². The number of carbonyl (C=O) groups excluding carboxylic acids is 1. The van der Waals surface area contributed by atoms with Crippen LogP contribution < -0.4 is 0 Å². The van der Waals surface area contributed by atoms with Gasteiger partial charge in [0.15, 0.2) is 0 Å². The van der Waals surface area contributed by atoms with Crippen LogP contribution in [0.15, 0.2) is 11.4 Å². The number of ether oxygens (including phenoxy) is 1. The lowest BCUT2D eigenvalue weighted by atomic mass is 10.3. The maximum Gasteiger partial charge on any atom is 0.343 e. The number of methoxy groups -OCH3 is 1. The molecule has 0 radical (unpaired) electrons. The Bertz CT molecular complexity index is 325. The molecular weight excluding hydrogens is 263 g/mol. The van der Waals surface area contributed by atoms with Gasteiger partial charge in [-0.2, -0.15) is 0 Å². The molecule has 4 nitrogen and oxygen atoms in total. The molecule has 1 unspecified atom stereocenters. The summed E-state index contributed by atoms with van der Waals surface area (Å²) in [4.78, 5) is 21.4. The largest absolute Gasteiger partial charge is 0.465 e. The van der Waals surface area contributed by atoms with Gasteiger partial charge in [0, 0.05) is 12.0 Å². The van der Waals surface area contributed by atoms with E-state index in [9.17, 15) is 14.3 Å². The zero-order valence-electron chi connectivity index (χ0n) is 10.5. The fraction of sp³-hybridized carbons (Fsp3) is 0.727. The van der Waals surface area contributed by atoms with Crippen molar-refractivity contribution in [3.05, 3.63) is 11.4 Å². The number of hydrogen-bond acceptors (Lipinski definition) is 3. The van der Waals surface area contributed by atoms with Crippen molar-refractivity contribution >= 4 is 24.9 Å². The molecule has 0 fully saturated rings. The van der Waals surface area contributed by atoms with E-state index in [4.69, 9.17) is 11.6 Å². The standard InChI is InChI=1S/C11H20ClO4P/c1-9(2)8-17(14,15)10(11(13)16-3)6-4-5-7-12/h6,9H,4-5,7-8H2,1-3H3,(H,14,15). The van der Waals surface area contributed by atoms with Gasteiger partial charge in [-0.05, 0) is 18.8 Å². The van der Waals surface area contributed by atoms with Crippen LogP contribution in [0.5, 0.6) is 0 Å². The van der Waals surface area contributed by atoms with Crippen molar-refractivity contribution < 1.29 is 19.0 Å². The van der Waals surface area contributed by atoms with Gasteiger partial charge in [0.25, 0.3) is 0 Å². The molecule has 0 aliphatic rings. The van der Waals surface area contributed by atoms with Gasteiger partial charge in [-0.25, -0.2) is 4.79 Å². The molecule has 1 N–H and O–H groups in total. The maximum absolute atomic E-state index is 12.1. The van der Waals surface area contributed by atoms with Crippen molar-refractivity contribution in [2.75, 3.05) is 19.2 Å². The summed E-state index contributed by atoms with van der Waals surface area (Å²) in [6.45, 7) is 3.66. The predicted molar refractivity (Wildman–Crippen MR) is 69.6 cm³/mol. The van der Waals surface area contributed by atoms with E-state index in [2.05, 4.69) is 4.74 Å². The van der Waals surface area contributed by atoms with Crippen LogP contribution in [0.3, 0.4) is 0 Å². The Hall–Kier alpha value is -0.310. The van der Waals surface area contributed by atoms with Gasteiger partial charge in [-0.1, -0.05) is 19.9 Å². The van der Waals surface area contributed by atoms with Crippen LogP contribution in [0, 0.1) is 5.92 Å². The summed E-state index contributed by atoms with van der Waals surface area (Å²) in [6.07, 6.45) is 2.70. The van der Waals surface area contributed by atoms with Crippen LogP contribution in [0.1, 0.15) is 26.7 Å². The fourth-order valence-corrected chi connectivity index (χ4v) is 3.51. The Morgan fingerprint density at radius 1 is 1.53 bits per heavy atom. The van der Waals surface area contributed by atoms with Crippen molar-refractivity contribution in [3.8, 4) is 0 Å². The Kier molecular flexibility index (Phi) is 7.77. The van der Waals surface area contributed by atoms with E-state index >= 15 is 0 Å². The second kappa shape index (κ2) is 7.91. The summed E-state index contributed by atoms with van der Waals surface area (Å²) in [5.41, 5.74) is 0. The van der Waals surface area contributed by atoms with Crippen LogP contribution in [0.4, 0.5) is 0 Å². The van der Waals surface area contributed by atoms with Gasteiger partial charge in [-0.15, -0.1) is 11.6 Å². The minimum absolute atomic E-state index is 0.0342. The molecule has 6 heteroatoms. The average molecular weight is 283 g/mol. The first-order chi connectivity index (χ1) is 7.85.